The zero-order valence-corrected chi connectivity index (χ0v) is 23.3. The van der Waals surface area contributed by atoms with Crippen LogP contribution in [-0.4, -0.2) is 65.0 Å². The fraction of sp³-hybridized carbons (Fsp3) is 0.423. The molecule has 0 radical (unpaired) electrons. The molecule has 0 aromatic heterocycles. The number of hydrogen-bond donors (Lipinski definition) is 4. The second kappa shape index (κ2) is 13.2. The van der Waals surface area contributed by atoms with Crippen molar-refractivity contribution in [2.24, 2.45) is 0 Å². The molecule has 0 aliphatic heterocycles. The number of nitrogens with one attached hydrogen (secondary N) is 4. The lowest BCUT2D eigenvalue weighted by molar-refractivity contribution is -0.128. The van der Waals surface area contributed by atoms with Crippen molar-refractivity contribution in [3.63, 3.8) is 0 Å². The van der Waals surface area contributed by atoms with Crippen LogP contribution in [0.1, 0.15) is 43.1 Å². The number of rotatable bonds is 12. The van der Waals surface area contributed by atoms with Crippen molar-refractivity contribution >= 4 is 27.7 Å². The van der Waals surface area contributed by atoms with E-state index in [0.717, 1.165) is 5.56 Å². The molecule has 4 N–H and O–H groups in total. The Kier molecular flexibility index (Phi) is 10.7. The third kappa shape index (κ3) is 9.67. The molecule has 0 aliphatic rings. The van der Waals surface area contributed by atoms with Gasteiger partial charge in [0, 0.05) is 30.3 Å². The van der Waals surface area contributed by atoms with E-state index in [1.807, 2.05) is 6.92 Å². The van der Waals surface area contributed by atoms with Crippen molar-refractivity contribution in [3.05, 3.63) is 53.6 Å². The maximum absolute atomic E-state index is 12.9. The molecule has 0 fully saturated rings. The summed E-state index contributed by atoms with van der Waals surface area (Å²) >= 11 is 0. The first-order valence-electron chi connectivity index (χ1n) is 11.9. The molecule has 0 aliphatic carbocycles. The Morgan fingerprint density at radius 1 is 0.895 bits per heavy atom. The van der Waals surface area contributed by atoms with Crippen LogP contribution in [0.4, 0.5) is 0 Å². The minimum Gasteiger partial charge on any atom is -0.497 e. The molecule has 3 amide bonds. The van der Waals surface area contributed by atoms with Gasteiger partial charge in [-0.3, -0.25) is 14.4 Å². The monoisotopic (exact) mass is 548 g/mol. The van der Waals surface area contributed by atoms with Crippen molar-refractivity contribution in [3.8, 4) is 11.5 Å². The van der Waals surface area contributed by atoms with Crippen LogP contribution in [0.5, 0.6) is 11.5 Å². The summed E-state index contributed by atoms with van der Waals surface area (Å²) in [5.41, 5.74) is 0.605. The lowest BCUT2D eigenvalue weighted by atomic mass is 10.1. The number of sulfonamides is 1. The Labute approximate surface area is 223 Å². The number of carbonyl (C=O) groups is 3. The van der Waals surface area contributed by atoms with E-state index in [-0.39, 0.29) is 18.0 Å². The fourth-order valence-electron chi connectivity index (χ4n) is 3.34. The molecule has 0 saturated heterocycles. The average molecular weight is 549 g/mol. The highest BCUT2D eigenvalue weighted by atomic mass is 32.2. The summed E-state index contributed by atoms with van der Waals surface area (Å²) in [6, 6.07) is 9.45. The minimum absolute atomic E-state index is 0.00464. The van der Waals surface area contributed by atoms with E-state index in [0.29, 0.717) is 17.1 Å². The second-order valence-corrected chi connectivity index (χ2v) is 11.4. The first-order valence-corrected chi connectivity index (χ1v) is 13.4. The van der Waals surface area contributed by atoms with E-state index >= 15 is 0 Å². The van der Waals surface area contributed by atoms with Crippen molar-refractivity contribution in [2.45, 2.75) is 50.6 Å². The first kappa shape index (κ1) is 30.6. The van der Waals surface area contributed by atoms with Crippen LogP contribution < -0.4 is 30.1 Å². The molecule has 0 saturated carbocycles. The molecule has 0 spiro atoms. The van der Waals surface area contributed by atoms with E-state index in [4.69, 9.17) is 9.47 Å². The predicted molar refractivity (Wildman–Crippen MR) is 143 cm³/mol. The van der Waals surface area contributed by atoms with Gasteiger partial charge in [-0.25, -0.2) is 8.42 Å². The van der Waals surface area contributed by atoms with Gasteiger partial charge >= 0.3 is 0 Å². The number of ether oxygens (including phenoxy) is 2. The summed E-state index contributed by atoms with van der Waals surface area (Å²) in [4.78, 5) is 37.9. The van der Waals surface area contributed by atoms with Crippen molar-refractivity contribution < 1.29 is 32.3 Å². The zero-order chi connectivity index (χ0) is 28.5. The van der Waals surface area contributed by atoms with Gasteiger partial charge in [0.15, 0.2) is 0 Å². The quantitative estimate of drug-likeness (QED) is 0.294. The molecule has 2 rings (SSSR count). The molecule has 208 valence electrons. The van der Waals surface area contributed by atoms with Gasteiger partial charge in [0.1, 0.15) is 17.5 Å². The topological polar surface area (TPSA) is 152 Å². The predicted octanol–water partition coefficient (Wildman–Crippen LogP) is 1.51. The van der Waals surface area contributed by atoms with Crippen LogP contribution >= 0.6 is 0 Å². The molecule has 12 heteroatoms. The Bertz CT molecular complexity index is 1220. The molecule has 2 aromatic rings. The molecule has 0 unspecified atom stereocenters. The van der Waals surface area contributed by atoms with Gasteiger partial charge in [0.05, 0.1) is 25.5 Å². The van der Waals surface area contributed by atoms with E-state index in [9.17, 15) is 22.8 Å². The van der Waals surface area contributed by atoms with E-state index in [1.54, 1.807) is 51.1 Å². The van der Waals surface area contributed by atoms with E-state index in [1.165, 1.54) is 26.4 Å². The van der Waals surface area contributed by atoms with Crippen molar-refractivity contribution in [2.75, 3.05) is 27.3 Å². The number of hydrogen-bond acceptors (Lipinski definition) is 7. The van der Waals surface area contributed by atoms with Crippen LogP contribution in [-0.2, 0) is 19.6 Å². The highest BCUT2D eigenvalue weighted by Gasteiger charge is 2.29. The smallest absolute Gasteiger partial charge is 0.251 e. The maximum Gasteiger partial charge on any atom is 0.251 e. The highest BCUT2D eigenvalue weighted by molar-refractivity contribution is 7.89. The first-order chi connectivity index (χ1) is 17.7. The largest absolute Gasteiger partial charge is 0.497 e. The molecule has 11 nitrogen and oxygen atoms in total. The third-order valence-corrected chi connectivity index (χ3v) is 6.66. The summed E-state index contributed by atoms with van der Waals surface area (Å²) in [5.74, 6) is -0.732. The van der Waals surface area contributed by atoms with Gasteiger partial charge in [0.25, 0.3) is 5.91 Å². The SMILES string of the molecule is COc1cc(OC)cc(C(=O)NCCNC(=O)[C@H](CC(=O)NC(C)(C)C)NS(=O)(=O)c2ccc(C)cc2)c1. The Morgan fingerprint density at radius 3 is 1.97 bits per heavy atom. The highest BCUT2D eigenvalue weighted by Crippen LogP contribution is 2.22. The molecule has 0 bridgehead atoms. The summed E-state index contributed by atoms with van der Waals surface area (Å²) in [6.45, 7) is 7.19. The Balaban J connectivity index is 2.06. The molecule has 2 aromatic carbocycles. The lowest BCUT2D eigenvalue weighted by Crippen LogP contribution is -2.51. The Hall–Kier alpha value is -3.64. The van der Waals surface area contributed by atoms with Crippen LogP contribution in [0.3, 0.4) is 0 Å². The summed E-state index contributed by atoms with van der Waals surface area (Å²) in [7, 11) is -1.15. The van der Waals surface area contributed by atoms with E-state index < -0.39 is 45.7 Å². The number of methoxy groups -OCH3 is 2. The minimum atomic E-state index is -4.09. The maximum atomic E-state index is 12.9. The second-order valence-electron chi connectivity index (χ2n) is 9.64. The van der Waals surface area contributed by atoms with Gasteiger partial charge in [-0.05, 0) is 52.0 Å². The summed E-state index contributed by atoms with van der Waals surface area (Å²) in [6.07, 6.45) is -0.413. The van der Waals surface area contributed by atoms with Gasteiger partial charge in [0.2, 0.25) is 21.8 Å². The molecule has 38 heavy (non-hydrogen) atoms. The van der Waals surface area contributed by atoms with Crippen LogP contribution in [0.15, 0.2) is 47.4 Å². The number of amides is 3. The molecular formula is C26H36N4O7S. The van der Waals surface area contributed by atoms with Crippen LogP contribution in [0.25, 0.3) is 0 Å². The fourth-order valence-corrected chi connectivity index (χ4v) is 4.54. The Morgan fingerprint density at radius 2 is 1.45 bits per heavy atom. The van der Waals surface area contributed by atoms with Crippen LogP contribution in [0, 0.1) is 6.92 Å². The third-order valence-electron chi connectivity index (χ3n) is 5.17. The molecule has 1 atom stereocenters. The van der Waals surface area contributed by atoms with Crippen LogP contribution in [0.2, 0.25) is 0 Å². The van der Waals surface area contributed by atoms with Crippen molar-refractivity contribution in [1.82, 2.24) is 20.7 Å². The average Bonchev–Trinajstić information content (AvgIpc) is 2.84. The number of benzene rings is 2. The summed E-state index contributed by atoms with van der Waals surface area (Å²) in [5, 5.41) is 7.97. The summed E-state index contributed by atoms with van der Waals surface area (Å²) < 4.78 is 38.5. The van der Waals surface area contributed by atoms with Gasteiger partial charge < -0.3 is 25.4 Å². The number of carbonyl (C=O) groups excluding carboxylic acids is 3. The lowest BCUT2D eigenvalue weighted by Gasteiger charge is -2.23. The molecular weight excluding hydrogens is 512 g/mol. The standard InChI is InChI=1S/C26H36N4O7S/c1-17-7-9-21(10-8-17)38(34,35)30-22(16-23(31)29-26(2,3)4)25(33)28-12-11-27-24(32)18-13-19(36-5)15-20(14-18)37-6/h7-10,13-15,22,30H,11-12,16H2,1-6H3,(H,27,32)(H,28,33)(H,29,31)/t22-/m0/s1. The zero-order valence-electron chi connectivity index (χ0n) is 22.5. The van der Waals surface area contributed by atoms with E-state index in [2.05, 4.69) is 20.7 Å². The number of aryl methyl sites for hydroxylation is 1. The van der Waals surface area contributed by atoms with Gasteiger partial charge in [-0.15, -0.1) is 0 Å². The van der Waals surface area contributed by atoms with Gasteiger partial charge in [-0.2, -0.15) is 4.72 Å². The molecule has 0 heterocycles. The van der Waals surface area contributed by atoms with Crippen molar-refractivity contribution in [1.29, 1.82) is 0 Å². The normalized spacial score (nSPS) is 12.3. The van der Waals surface area contributed by atoms with Gasteiger partial charge in [-0.1, -0.05) is 17.7 Å².